The van der Waals surface area contributed by atoms with E-state index in [4.69, 9.17) is 5.73 Å². The summed E-state index contributed by atoms with van der Waals surface area (Å²) in [5, 5.41) is 10.2. The van der Waals surface area contributed by atoms with Gasteiger partial charge in [-0.25, -0.2) is 9.97 Å². The third-order valence-electron chi connectivity index (χ3n) is 4.43. The molecule has 114 valence electrons. The summed E-state index contributed by atoms with van der Waals surface area (Å²) >= 11 is 1.69. The number of nitrogens with zero attached hydrogens (tertiary/aromatic N) is 3. The second kappa shape index (κ2) is 5.87. The molecule has 0 spiro atoms. The molecule has 0 aromatic carbocycles. The third-order valence-corrected chi connectivity index (χ3v) is 5.53. The van der Waals surface area contributed by atoms with Crippen LogP contribution < -0.4 is 5.73 Å². The van der Waals surface area contributed by atoms with Crippen LogP contribution in [0.25, 0.3) is 10.2 Å². The minimum absolute atomic E-state index is 0.303. The monoisotopic (exact) mass is 306 g/mol. The number of aliphatic hydroxyl groups is 1. The molecule has 1 saturated heterocycles. The Labute approximate surface area is 128 Å². The van der Waals surface area contributed by atoms with Crippen molar-refractivity contribution in [3.63, 3.8) is 0 Å². The number of nitrogens with two attached hydrogens (primary N) is 1. The van der Waals surface area contributed by atoms with Crippen LogP contribution in [0.2, 0.25) is 0 Å². The van der Waals surface area contributed by atoms with Crippen LogP contribution in [0.15, 0.2) is 0 Å². The molecule has 1 fully saturated rings. The zero-order valence-corrected chi connectivity index (χ0v) is 13.4. The molecule has 1 aliphatic heterocycles. The molecule has 0 atom stereocenters. The van der Waals surface area contributed by atoms with E-state index in [1.54, 1.807) is 11.3 Å². The summed E-state index contributed by atoms with van der Waals surface area (Å²) < 4.78 is 0. The van der Waals surface area contributed by atoms with Crippen LogP contribution in [-0.4, -0.2) is 39.7 Å². The summed E-state index contributed by atoms with van der Waals surface area (Å²) in [7, 11) is 0. The summed E-state index contributed by atoms with van der Waals surface area (Å²) in [6, 6.07) is 0. The van der Waals surface area contributed by atoms with E-state index in [1.165, 1.54) is 10.4 Å². The van der Waals surface area contributed by atoms with Gasteiger partial charge in [0.15, 0.2) is 0 Å². The molecule has 0 amide bonds. The number of thiophene rings is 1. The van der Waals surface area contributed by atoms with Crippen molar-refractivity contribution in [3.8, 4) is 0 Å². The minimum Gasteiger partial charge on any atom is -0.396 e. The number of nitrogen functional groups attached to an aromatic ring is 1. The van der Waals surface area contributed by atoms with Gasteiger partial charge in [-0.2, -0.15) is 0 Å². The Hall–Kier alpha value is -1.24. The first-order chi connectivity index (χ1) is 10.1. The van der Waals surface area contributed by atoms with Gasteiger partial charge in [-0.15, -0.1) is 11.3 Å². The summed E-state index contributed by atoms with van der Waals surface area (Å²) in [6.07, 6.45) is 2.09. The maximum atomic E-state index is 9.19. The Morgan fingerprint density at radius 1 is 1.29 bits per heavy atom. The molecule has 2 aromatic rings. The van der Waals surface area contributed by atoms with Gasteiger partial charge in [0.25, 0.3) is 0 Å². The molecule has 0 aliphatic carbocycles. The zero-order valence-electron chi connectivity index (χ0n) is 12.6. The molecular formula is C15H22N4OS. The number of hydrogen-bond acceptors (Lipinski definition) is 6. The van der Waals surface area contributed by atoms with Crippen molar-refractivity contribution in [1.82, 2.24) is 14.9 Å². The quantitative estimate of drug-likeness (QED) is 0.908. The van der Waals surface area contributed by atoms with Gasteiger partial charge in [-0.1, -0.05) is 0 Å². The molecule has 6 heteroatoms. The number of rotatable bonds is 3. The lowest BCUT2D eigenvalue weighted by Crippen LogP contribution is -2.34. The molecule has 0 radical (unpaired) electrons. The van der Waals surface area contributed by atoms with Crippen LogP contribution in [0, 0.1) is 19.8 Å². The first-order valence-corrected chi connectivity index (χ1v) is 8.25. The highest BCUT2D eigenvalue weighted by atomic mass is 32.1. The van der Waals surface area contributed by atoms with Crippen LogP contribution in [0.4, 0.5) is 5.82 Å². The molecule has 5 nitrogen and oxygen atoms in total. The van der Waals surface area contributed by atoms with Crippen LogP contribution in [0.5, 0.6) is 0 Å². The van der Waals surface area contributed by atoms with Crippen molar-refractivity contribution in [3.05, 3.63) is 16.3 Å². The van der Waals surface area contributed by atoms with E-state index >= 15 is 0 Å². The second-order valence-electron chi connectivity index (χ2n) is 5.89. The van der Waals surface area contributed by atoms with Crippen LogP contribution in [0.1, 0.15) is 29.1 Å². The number of fused-ring (bicyclic) bond motifs is 1. The van der Waals surface area contributed by atoms with E-state index in [0.717, 1.165) is 48.5 Å². The van der Waals surface area contributed by atoms with Gasteiger partial charge >= 0.3 is 0 Å². The average Bonchev–Trinajstić information content (AvgIpc) is 2.75. The highest BCUT2D eigenvalue weighted by Gasteiger charge is 2.20. The van der Waals surface area contributed by atoms with Crippen molar-refractivity contribution in [2.24, 2.45) is 5.92 Å². The fourth-order valence-electron chi connectivity index (χ4n) is 2.92. The smallest absolute Gasteiger partial charge is 0.146 e. The maximum absolute atomic E-state index is 9.19. The first kappa shape index (κ1) is 14.7. The normalized spacial score (nSPS) is 17.7. The molecule has 0 unspecified atom stereocenters. The fraction of sp³-hybridized carbons (Fsp3) is 0.600. The first-order valence-electron chi connectivity index (χ1n) is 7.43. The second-order valence-corrected chi connectivity index (χ2v) is 7.09. The molecule has 3 rings (SSSR count). The molecule has 0 bridgehead atoms. The van der Waals surface area contributed by atoms with E-state index in [0.29, 0.717) is 18.3 Å². The van der Waals surface area contributed by atoms with Gasteiger partial charge in [0, 0.05) is 11.5 Å². The molecule has 2 aromatic heterocycles. The van der Waals surface area contributed by atoms with E-state index in [-0.39, 0.29) is 0 Å². The Bertz CT molecular complexity index is 647. The molecule has 3 N–H and O–H groups in total. The Morgan fingerprint density at radius 3 is 2.67 bits per heavy atom. The van der Waals surface area contributed by atoms with Gasteiger partial charge in [0.2, 0.25) is 0 Å². The van der Waals surface area contributed by atoms with Gasteiger partial charge in [-0.3, -0.25) is 4.90 Å². The summed E-state index contributed by atoms with van der Waals surface area (Å²) in [5.74, 6) is 1.86. The molecular weight excluding hydrogens is 284 g/mol. The van der Waals surface area contributed by atoms with Crippen molar-refractivity contribution >= 4 is 27.4 Å². The number of likely N-dealkylation sites (tertiary alicyclic amines) is 1. The number of hydrogen-bond donors (Lipinski definition) is 2. The van der Waals surface area contributed by atoms with Crippen LogP contribution in [0.3, 0.4) is 0 Å². The fourth-order valence-corrected chi connectivity index (χ4v) is 3.98. The number of anilines is 1. The summed E-state index contributed by atoms with van der Waals surface area (Å²) in [4.78, 5) is 13.8. The van der Waals surface area contributed by atoms with Crippen LogP contribution in [-0.2, 0) is 6.54 Å². The van der Waals surface area contributed by atoms with Gasteiger partial charge in [-0.05, 0) is 51.3 Å². The number of piperidine rings is 1. The Kier molecular flexibility index (Phi) is 4.10. The minimum atomic E-state index is 0.303. The summed E-state index contributed by atoms with van der Waals surface area (Å²) in [6.45, 7) is 7.21. The largest absolute Gasteiger partial charge is 0.396 e. The van der Waals surface area contributed by atoms with Crippen molar-refractivity contribution in [1.29, 1.82) is 0 Å². The molecule has 0 saturated carbocycles. The number of aliphatic hydroxyl groups excluding tert-OH is 1. The van der Waals surface area contributed by atoms with Crippen molar-refractivity contribution < 1.29 is 5.11 Å². The Balaban J connectivity index is 1.79. The zero-order chi connectivity index (χ0) is 15.0. The van der Waals surface area contributed by atoms with Crippen LogP contribution >= 0.6 is 11.3 Å². The van der Waals surface area contributed by atoms with Crippen molar-refractivity contribution in [2.75, 3.05) is 25.4 Å². The maximum Gasteiger partial charge on any atom is 0.146 e. The topological polar surface area (TPSA) is 75.3 Å². The lowest BCUT2D eigenvalue weighted by atomic mass is 9.98. The van der Waals surface area contributed by atoms with Crippen molar-refractivity contribution in [2.45, 2.75) is 33.2 Å². The molecule has 1 aliphatic rings. The van der Waals surface area contributed by atoms with Gasteiger partial charge < -0.3 is 10.8 Å². The Morgan fingerprint density at radius 2 is 2.00 bits per heavy atom. The van der Waals surface area contributed by atoms with Gasteiger partial charge in [0.1, 0.15) is 16.5 Å². The SMILES string of the molecule is Cc1sc2nc(CN3CCC(CO)CC3)nc(N)c2c1C. The van der Waals surface area contributed by atoms with Gasteiger partial charge in [0.05, 0.1) is 11.9 Å². The van der Waals surface area contributed by atoms with E-state index in [9.17, 15) is 5.11 Å². The predicted octanol–water partition coefficient (Wildman–Crippen LogP) is 2.09. The lowest BCUT2D eigenvalue weighted by molar-refractivity contribution is 0.125. The highest BCUT2D eigenvalue weighted by Crippen LogP contribution is 2.32. The molecule has 3 heterocycles. The third kappa shape index (κ3) is 2.88. The van der Waals surface area contributed by atoms with E-state index < -0.39 is 0 Å². The van der Waals surface area contributed by atoms with E-state index in [2.05, 4.69) is 28.7 Å². The number of aromatic nitrogens is 2. The number of aryl methyl sites for hydroxylation is 2. The lowest BCUT2D eigenvalue weighted by Gasteiger charge is -2.30. The predicted molar refractivity (Wildman–Crippen MR) is 86.4 cm³/mol. The highest BCUT2D eigenvalue weighted by molar-refractivity contribution is 7.18. The summed E-state index contributed by atoms with van der Waals surface area (Å²) in [5.41, 5.74) is 7.32. The molecule has 21 heavy (non-hydrogen) atoms. The average molecular weight is 306 g/mol. The van der Waals surface area contributed by atoms with E-state index in [1.807, 2.05) is 0 Å². The standard InChI is InChI=1S/C15H22N4OS/c1-9-10(2)21-15-13(9)14(16)17-12(18-15)7-19-5-3-11(8-20)4-6-19/h11,20H,3-8H2,1-2H3,(H2,16,17,18).